The minimum absolute atomic E-state index is 0.00483. The molecule has 0 bridgehead atoms. The fourth-order valence-electron chi connectivity index (χ4n) is 7.17. The summed E-state index contributed by atoms with van der Waals surface area (Å²) in [5, 5.41) is 37.1. The van der Waals surface area contributed by atoms with Crippen LogP contribution in [0.3, 0.4) is 0 Å². The largest absolute Gasteiger partial charge is 0.508 e. The van der Waals surface area contributed by atoms with Gasteiger partial charge in [-0.3, -0.25) is 28.8 Å². The topological polar surface area (TPSA) is 260 Å². The first-order chi connectivity index (χ1) is 26.1. The highest BCUT2D eigenvalue weighted by Crippen LogP contribution is 2.25. The highest BCUT2D eigenvalue weighted by Gasteiger charge is 2.42. The number of aliphatic hydroxyl groups excluding tert-OH is 2. The number of phenols is 1. The second kappa shape index (κ2) is 19.6. The molecule has 1 unspecified atom stereocenters. The number of phenolic OH excluding ortho intramolecular Hbond substituents is 1. The van der Waals surface area contributed by atoms with E-state index in [-0.39, 0.29) is 49.2 Å². The quantitative estimate of drug-likeness (QED) is 0.0940. The molecule has 4 rings (SSSR count). The van der Waals surface area contributed by atoms with Gasteiger partial charge >= 0.3 is 0 Å². The molecule has 2 fully saturated rings. The molecule has 0 saturated carbocycles. The summed E-state index contributed by atoms with van der Waals surface area (Å²) in [4.78, 5) is 91.0. The monoisotopic (exact) mass is 768 g/mol. The number of ketones is 1. The molecule has 3 heterocycles. The van der Waals surface area contributed by atoms with Crippen molar-refractivity contribution in [3.05, 3.63) is 48.0 Å². The lowest BCUT2D eigenvalue weighted by Gasteiger charge is -2.32. The maximum atomic E-state index is 14.1. The van der Waals surface area contributed by atoms with Gasteiger partial charge in [0.25, 0.3) is 0 Å². The van der Waals surface area contributed by atoms with Crippen molar-refractivity contribution in [2.45, 2.75) is 115 Å². The second-order valence-corrected chi connectivity index (χ2v) is 15.1. The lowest BCUT2D eigenvalue weighted by atomic mass is 9.92. The molecule has 0 radical (unpaired) electrons. The molecular weight excluding hydrogens is 712 g/mol. The Labute approximate surface area is 320 Å². The zero-order valence-electron chi connectivity index (χ0n) is 31.9. The number of aromatic nitrogens is 2. The van der Waals surface area contributed by atoms with Crippen LogP contribution in [0.4, 0.5) is 0 Å². The van der Waals surface area contributed by atoms with Gasteiger partial charge in [0.05, 0.1) is 25.1 Å². The van der Waals surface area contributed by atoms with Crippen LogP contribution in [0.1, 0.15) is 71.1 Å². The Hall–Kier alpha value is -4.87. The van der Waals surface area contributed by atoms with E-state index in [4.69, 9.17) is 5.73 Å². The van der Waals surface area contributed by atoms with Crippen LogP contribution in [0, 0.1) is 11.8 Å². The fourth-order valence-corrected chi connectivity index (χ4v) is 7.17. The number of aromatic amines is 1. The molecule has 2 saturated heterocycles. The highest BCUT2D eigenvalue weighted by atomic mass is 16.3. The third-order valence-electron chi connectivity index (χ3n) is 10.3. The third-order valence-corrected chi connectivity index (χ3v) is 10.3. The normalized spacial score (nSPS) is 20.3. The molecule has 1 aromatic carbocycles. The van der Waals surface area contributed by atoms with E-state index in [0.29, 0.717) is 37.9 Å². The number of hydrogen-bond donors (Lipinski definition) is 8. The summed E-state index contributed by atoms with van der Waals surface area (Å²) in [6.07, 6.45) is 4.42. The number of imidazole rings is 1. The number of H-pyrrole nitrogens is 1. The number of hydrogen-bond acceptors (Lipinski definition) is 11. The fraction of sp³-hybridized carbons (Fsp3) is 0.605. The van der Waals surface area contributed by atoms with Crippen LogP contribution in [0.25, 0.3) is 0 Å². The Morgan fingerprint density at radius 3 is 2.09 bits per heavy atom. The first-order valence-electron chi connectivity index (χ1n) is 19.0. The van der Waals surface area contributed by atoms with Crippen LogP contribution >= 0.6 is 0 Å². The average molecular weight is 769 g/mol. The first kappa shape index (κ1) is 42.9. The van der Waals surface area contributed by atoms with Gasteiger partial charge in [-0.05, 0) is 68.6 Å². The van der Waals surface area contributed by atoms with Crippen molar-refractivity contribution < 1.29 is 44.1 Å². The van der Waals surface area contributed by atoms with Gasteiger partial charge in [0, 0.05) is 37.8 Å². The summed E-state index contributed by atoms with van der Waals surface area (Å²) in [5.41, 5.74) is 7.19. The van der Waals surface area contributed by atoms with Crippen molar-refractivity contribution in [3.63, 3.8) is 0 Å². The van der Waals surface area contributed by atoms with Gasteiger partial charge < -0.3 is 51.8 Å². The Morgan fingerprint density at radius 2 is 1.51 bits per heavy atom. The number of nitrogens with two attached hydrogens (primary N) is 1. The molecule has 302 valence electrons. The zero-order chi connectivity index (χ0) is 40.4. The Morgan fingerprint density at radius 1 is 0.873 bits per heavy atom. The van der Waals surface area contributed by atoms with Crippen molar-refractivity contribution in [1.29, 1.82) is 0 Å². The average Bonchev–Trinajstić information content (AvgIpc) is 3.95. The smallest absolute Gasteiger partial charge is 0.248 e. The molecule has 5 amide bonds. The van der Waals surface area contributed by atoms with E-state index < -0.39 is 78.5 Å². The number of likely N-dealkylation sites (tertiary alicyclic amines) is 2. The number of benzene rings is 1. The number of carbonyl (C=O) groups is 6. The molecule has 8 atom stereocenters. The molecule has 2 aliphatic rings. The van der Waals surface area contributed by atoms with Gasteiger partial charge in [-0.1, -0.05) is 32.9 Å². The number of aromatic hydroxyl groups is 1. The van der Waals surface area contributed by atoms with Crippen LogP contribution in [-0.2, 0) is 41.6 Å². The third kappa shape index (κ3) is 11.3. The van der Waals surface area contributed by atoms with Gasteiger partial charge in [-0.25, -0.2) is 4.98 Å². The van der Waals surface area contributed by atoms with Crippen molar-refractivity contribution in [1.82, 2.24) is 35.7 Å². The van der Waals surface area contributed by atoms with E-state index >= 15 is 0 Å². The predicted octanol–water partition coefficient (Wildman–Crippen LogP) is -0.711. The Kier molecular flexibility index (Phi) is 15.3. The highest BCUT2D eigenvalue weighted by molar-refractivity contribution is 5.97. The number of carbonyl (C=O) groups excluding carboxylic acids is 6. The molecule has 0 spiro atoms. The van der Waals surface area contributed by atoms with E-state index in [9.17, 15) is 44.1 Å². The SMILES string of the molecule is CC(O)[C@H](N)C(=O)N[C@@H](CO)C(=O)N1CCC[C@H]1C(=O)N[C@@H](Cc1cnc[nH]1)C(=O)N[C@H](C(=O)N1CCC[C@H]1C(=O)C[C@H](C)Cc1ccc(O)cc1)C(C)C. The maximum Gasteiger partial charge on any atom is 0.248 e. The van der Waals surface area contributed by atoms with E-state index in [2.05, 4.69) is 25.9 Å². The molecule has 55 heavy (non-hydrogen) atoms. The van der Waals surface area contributed by atoms with E-state index in [1.54, 1.807) is 30.9 Å². The molecule has 17 heteroatoms. The van der Waals surface area contributed by atoms with Crippen LogP contribution in [0.2, 0.25) is 0 Å². The summed E-state index contributed by atoms with van der Waals surface area (Å²) in [5.74, 6) is -3.53. The minimum atomic E-state index is -1.42. The van der Waals surface area contributed by atoms with Crippen LogP contribution in [0.5, 0.6) is 5.75 Å². The van der Waals surface area contributed by atoms with Gasteiger partial charge in [-0.2, -0.15) is 0 Å². The molecule has 0 aliphatic carbocycles. The van der Waals surface area contributed by atoms with E-state index in [0.717, 1.165) is 5.56 Å². The minimum Gasteiger partial charge on any atom is -0.508 e. The lowest BCUT2D eigenvalue weighted by molar-refractivity contribution is -0.144. The van der Waals surface area contributed by atoms with E-state index in [1.807, 2.05) is 19.1 Å². The number of nitrogens with one attached hydrogen (secondary N) is 4. The van der Waals surface area contributed by atoms with Gasteiger partial charge in [-0.15, -0.1) is 0 Å². The molecule has 9 N–H and O–H groups in total. The van der Waals surface area contributed by atoms with Crippen molar-refractivity contribution >= 4 is 35.3 Å². The summed E-state index contributed by atoms with van der Waals surface area (Å²) >= 11 is 0. The van der Waals surface area contributed by atoms with Crippen molar-refractivity contribution in [3.8, 4) is 5.75 Å². The number of amides is 5. The van der Waals surface area contributed by atoms with Gasteiger partial charge in [0.1, 0.15) is 36.0 Å². The standard InChI is InChI=1S/C38H56N8O9/c1-21(2)33(38(55)45-13-5-7-29(45)31(50)16-22(3)15-24-9-11-26(49)12-10-24)44-34(51)27(17-25-18-40-20-41-25)42-35(52)30-8-6-14-46(30)37(54)28(19-47)43-36(53)32(39)23(4)48/h9-12,18,20-23,27-30,32-33,47-49H,5-8,13-17,19,39H2,1-4H3,(H,40,41)(H,42,52)(H,43,53)(H,44,51)/t22-,23?,27+,28+,29+,30+,32+,33+/m1/s1. The number of nitrogens with zero attached hydrogens (tertiary/aromatic N) is 3. The van der Waals surface area contributed by atoms with Gasteiger partial charge in [0.15, 0.2) is 5.78 Å². The summed E-state index contributed by atoms with van der Waals surface area (Å²) in [7, 11) is 0. The lowest BCUT2D eigenvalue weighted by Crippen LogP contribution is -2.60. The first-order valence-corrected chi connectivity index (χ1v) is 19.0. The van der Waals surface area contributed by atoms with Gasteiger partial charge in [0.2, 0.25) is 29.5 Å². The molecule has 1 aromatic heterocycles. The summed E-state index contributed by atoms with van der Waals surface area (Å²) in [6, 6.07) is 0.204. The zero-order valence-corrected chi connectivity index (χ0v) is 31.9. The number of aliphatic hydroxyl groups is 2. The molecule has 2 aromatic rings. The van der Waals surface area contributed by atoms with E-state index in [1.165, 1.54) is 24.3 Å². The summed E-state index contributed by atoms with van der Waals surface area (Å²) in [6.45, 7) is 6.58. The Balaban J connectivity index is 1.45. The predicted molar refractivity (Wildman–Crippen MR) is 200 cm³/mol. The Bertz CT molecular complexity index is 1630. The molecule has 2 aliphatic heterocycles. The van der Waals surface area contributed by atoms with Crippen LogP contribution < -0.4 is 21.7 Å². The number of Topliss-reactive ketones (excluding diaryl/α,β-unsaturated/α-hetero) is 1. The maximum absolute atomic E-state index is 14.1. The van der Waals surface area contributed by atoms with Crippen molar-refractivity contribution in [2.75, 3.05) is 19.7 Å². The molecular formula is C38H56N8O9. The van der Waals surface area contributed by atoms with Crippen LogP contribution in [-0.4, -0.2) is 132 Å². The molecule has 17 nitrogen and oxygen atoms in total. The number of rotatable bonds is 18. The van der Waals surface area contributed by atoms with Crippen molar-refractivity contribution in [2.24, 2.45) is 17.6 Å². The van der Waals surface area contributed by atoms with Crippen LogP contribution in [0.15, 0.2) is 36.8 Å². The second-order valence-electron chi connectivity index (χ2n) is 15.1. The summed E-state index contributed by atoms with van der Waals surface area (Å²) < 4.78 is 0.